The molecular weight excluding hydrogens is 417 g/mol. The Kier molecular flexibility index (Phi) is 10.6. The molecule has 0 radical (unpaired) electrons. The van der Waals surface area contributed by atoms with E-state index < -0.39 is 0 Å². The highest BCUT2D eigenvalue weighted by Crippen LogP contribution is 2.17. The molecule has 6 nitrogen and oxygen atoms in total. The molecule has 2 rings (SSSR count). The number of hydrogen-bond acceptors (Lipinski definition) is 3. The fraction of sp³-hybridized carbons (Fsp3) is 0.882. The molecule has 140 valence electrons. The summed E-state index contributed by atoms with van der Waals surface area (Å²) in [5, 5.41) is 6.17. The SMILES string of the molecule is CCN1CCCC1CN=C(N)NCCC(=O)NC1CCCCC1.I. The number of guanidine groups is 1. The Morgan fingerprint density at radius 1 is 1.21 bits per heavy atom. The van der Waals surface area contributed by atoms with Gasteiger partial charge in [0, 0.05) is 25.0 Å². The van der Waals surface area contributed by atoms with E-state index in [1.54, 1.807) is 0 Å². The third-order valence-electron chi connectivity index (χ3n) is 5.01. The summed E-state index contributed by atoms with van der Waals surface area (Å²) in [5.74, 6) is 0.573. The van der Waals surface area contributed by atoms with Gasteiger partial charge in [-0.3, -0.25) is 14.7 Å². The van der Waals surface area contributed by atoms with E-state index >= 15 is 0 Å². The van der Waals surface area contributed by atoms with Crippen molar-refractivity contribution >= 4 is 35.8 Å². The number of likely N-dealkylation sites (tertiary alicyclic amines) is 1. The second-order valence-electron chi connectivity index (χ2n) is 6.73. The molecule has 2 fully saturated rings. The topological polar surface area (TPSA) is 82.8 Å². The van der Waals surface area contributed by atoms with Gasteiger partial charge in [-0.1, -0.05) is 26.2 Å². The molecule has 0 bridgehead atoms. The third kappa shape index (κ3) is 7.55. The van der Waals surface area contributed by atoms with Gasteiger partial charge in [-0.25, -0.2) is 0 Å². The maximum atomic E-state index is 11.9. The first-order valence-electron chi connectivity index (χ1n) is 9.26. The summed E-state index contributed by atoms with van der Waals surface area (Å²) in [5.41, 5.74) is 5.90. The summed E-state index contributed by atoms with van der Waals surface area (Å²) in [6.07, 6.45) is 8.93. The van der Waals surface area contributed by atoms with Crippen LogP contribution >= 0.6 is 24.0 Å². The van der Waals surface area contributed by atoms with Gasteiger partial charge in [-0.05, 0) is 38.8 Å². The molecule has 0 aromatic carbocycles. The Labute approximate surface area is 163 Å². The van der Waals surface area contributed by atoms with Crippen LogP contribution in [0.3, 0.4) is 0 Å². The Hall–Kier alpha value is -0.570. The lowest BCUT2D eigenvalue weighted by atomic mass is 9.95. The van der Waals surface area contributed by atoms with Gasteiger partial charge in [0.2, 0.25) is 5.91 Å². The minimum atomic E-state index is 0. The fourth-order valence-electron chi connectivity index (χ4n) is 3.63. The summed E-state index contributed by atoms with van der Waals surface area (Å²) in [6.45, 7) is 5.74. The number of hydrogen-bond donors (Lipinski definition) is 3. The molecule has 0 spiro atoms. The highest BCUT2D eigenvalue weighted by Gasteiger charge is 2.22. The van der Waals surface area contributed by atoms with Crippen LogP contribution in [0.4, 0.5) is 0 Å². The van der Waals surface area contributed by atoms with Gasteiger partial charge >= 0.3 is 0 Å². The first-order valence-corrected chi connectivity index (χ1v) is 9.26. The minimum absolute atomic E-state index is 0. The molecule has 1 amide bonds. The molecule has 1 aliphatic heterocycles. The van der Waals surface area contributed by atoms with E-state index in [0.29, 0.717) is 31.0 Å². The number of carbonyl (C=O) groups excluding carboxylic acids is 1. The van der Waals surface area contributed by atoms with Crippen molar-refractivity contribution in [3.8, 4) is 0 Å². The minimum Gasteiger partial charge on any atom is -0.370 e. The summed E-state index contributed by atoms with van der Waals surface area (Å²) in [6, 6.07) is 0.902. The molecule has 0 aromatic rings. The van der Waals surface area contributed by atoms with E-state index in [-0.39, 0.29) is 29.9 Å². The van der Waals surface area contributed by atoms with Crippen molar-refractivity contribution in [1.82, 2.24) is 15.5 Å². The van der Waals surface area contributed by atoms with Crippen LogP contribution in [-0.4, -0.2) is 55.0 Å². The zero-order valence-electron chi connectivity index (χ0n) is 14.9. The second kappa shape index (κ2) is 11.9. The summed E-state index contributed by atoms with van der Waals surface area (Å²) in [4.78, 5) is 18.8. The molecule has 0 aromatic heterocycles. The lowest BCUT2D eigenvalue weighted by Gasteiger charge is -2.22. The van der Waals surface area contributed by atoms with Gasteiger partial charge < -0.3 is 16.4 Å². The maximum Gasteiger partial charge on any atom is 0.221 e. The molecule has 2 aliphatic rings. The average Bonchev–Trinajstić information content (AvgIpc) is 3.01. The quantitative estimate of drug-likeness (QED) is 0.314. The number of amides is 1. The number of nitrogens with zero attached hydrogens (tertiary/aromatic N) is 2. The molecule has 1 atom stereocenters. The Morgan fingerprint density at radius 3 is 2.67 bits per heavy atom. The van der Waals surface area contributed by atoms with Crippen LogP contribution in [0.2, 0.25) is 0 Å². The Balaban J connectivity index is 0.00000288. The van der Waals surface area contributed by atoms with Crippen molar-refractivity contribution in [2.24, 2.45) is 10.7 Å². The van der Waals surface area contributed by atoms with E-state index in [0.717, 1.165) is 25.9 Å². The molecule has 1 aliphatic carbocycles. The number of aliphatic imine (C=N–C) groups is 1. The molecular formula is C17H34IN5O. The second-order valence-corrected chi connectivity index (χ2v) is 6.73. The molecule has 1 unspecified atom stereocenters. The molecule has 1 saturated heterocycles. The molecule has 1 heterocycles. The van der Waals surface area contributed by atoms with Gasteiger partial charge in [0.05, 0.1) is 6.54 Å². The molecule has 4 N–H and O–H groups in total. The van der Waals surface area contributed by atoms with Gasteiger partial charge in [0.25, 0.3) is 0 Å². The number of nitrogens with one attached hydrogen (secondary N) is 2. The number of likely N-dealkylation sites (N-methyl/N-ethyl adjacent to an activating group) is 1. The van der Waals surface area contributed by atoms with Crippen molar-refractivity contribution in [2.75, 3.05) is 26.2 Å². The van der Waals surface area contributed by atoms with Crippen LogP contribution in [0, 0.1) is 0 Å². The number of nitrogens with two attached hydrogens (primary N) is 1. The van der Waals surface area contributed by atoms with Crippen molar-refractivity contribution in [1.29, 1.82) is 0 Å². The van der Waals surface area contributed by atoms with Crippen LogP contribution in [0.1, 0.15) is 58.3 Å². The fourth-order valence-corrected chi connectivity index (χ4v) is 3.63. The smallest absolute Gasteiger partial charge is 0.221 e. The summed E-state index contributed by atoms with van der Waals surface area (Å²) < 4.78 is 0. The van der Waals surface area contributed by atoms with Gasteiger partial charge in [0.1, 0.15) is 0 Å². The van der Waals surface area contributed by atoms with Crippen LogP contribution in [0.25, 0.3) is 0 Å². The highest BCUT2D eigenvalue weighted by atomic mass is 127. The van der Waals surface area contributed by atoms with E-state index in [4.69, 9.17) is 5.73 Å². The number of halogens is 1. The van der Waals surface area contributed by atoms with Crippen LogP contribution < -0.4 is 16.4 Å². The van der Waals surface area contributed by atoms with Crippen LogP contribution in [0.15, 0.2) is 4.99 Å². The monoisotopic (exact) mass is 451 g/mol. The van der Waals surface area contributed by atoms with Crippen LogP contribution in [0.5, 0.6) is 0 Å². The summed E-state index contributed by atoms with van der Waals surface area (Å²) in [7, 11) is 0. The third-order valence-corrected chi connectivity index (χ3v) is 5.01. The predicted octanol–water partition coefficient (Wildman–Crippen LogP) is 1.83. The number of rotatable bonds is 7. The molecule has 24 heavy (non-hydrogen) atoms. The van der Waals surface area contributed by atoms with Crippen molar-refractivity contribution in [2.45, 2.75) is 70.4 Å². The lowest BCUT2D eigenvalue weighted by molar-refractivity contribution is -0.121. The van der Waals surface area contributed by atoms with Crippen molar-refractivity contribution < 1.29 is 4.79 Å². The van der Waals surface area contributed by atoms with E-state index in [9.17, 15) is 4.79 Å². The van der Waals surface area contributed by atoms with E-state index in [1.165, 1.54) is 38.6 Å². The Bertz CT molecular complexity index is 398. The van der Waals surface area contributed by atoms with Gasteiger partial charge in [-0.15, -0.1) is 24.0 Å². The standard InChI is InChI=1S/C17H33N5O.HI/c1-2-22-12-6-9-15(22)13-20-17(18)19-11-10-16(23)21-14-7-4-3-5-8-14;/h14-15H,2-13H2,1H3,(H,21,23)(H3,18,19,20);1H. The number of carbonyl (C=O) groups is 1. The molecule has 7 heteroatoms. The normalized spacial score (nSPS) is 22.9. The van der Waals surface area contributed by atoms with E-state index in [1.807, 2.05) is 0 Å². The average molecular weight is 451 g/mol. The zero-order valence-corrected chi connectivity index (χ0v) is 17.3. The van der Waals surface area contributed by atoms with Crippen molar-refractivity contribution in [3.05, 3.63) is 0 Å². The summed E-state index contributed by atoms with van der Waals surface area (Å²) >= 11 is 0. The largest absolute Gasteiger partial charge is 0.370 e. The van der Waals surface area contributed by atoms with Crippen molar-refractivity contribution in [3.63, 3.8) is 0 Å². The van der Waals surface area contributed by atoms with E-state index in [2.05, 4.69) is 27.4 Å². The predicted molar refractivity (Wildman–Crippen MR) is 110 cm³/mol. The lowest BCUT2D eigenvalue weighted by Crippen LogP contribution is -2.40. The maximum absolute atomic E-state index is 11.9. The Morgan fingerprint density at radius 2 is 1.96 bits per heavy atom. The highest BCUT2D eigenvalue weighted by molar-refractivity contribution is 14.0. The van der Waals surface area contributed by atoms with Gasteiger partial charge in [0.15, 0.2) is 5.96 Å². The zero-order chi connectivity index (χ0) is 16.5. The first-order chi connectivity index (χ1) is 11.2. The van der Waals surface area contributed by atoms with Gasteiger partial charge in [-0.2, -0.15) is 0 Å². The molecule has 1 saturated carbocycles. The first kappa shape index (κ1) is 21.5. The van der Waals surface area contributed by atoms with Crippen LogP contribution in [-0.2, 0) is 4.79 Å².